The van der Waals surface area contributed by atoms with Crippen molar-refractivity contribution in [3.05, 3.63) is 29.8 Å². The molecule has 5 heteroatoms. The van der Waals surface area contributed by atoms with Crippen molar-refractivity contribution in [2.75, 3.05) is 5.32 Å². The zero-order valence-corrected chi connectivity index (χ0v) is 9.17. The summed E-state index contributed by atoms with van der Waals surface area (Å²) in [5.74, 6) is -0.395. The van der Waals surface area contributed by atoms with Crippen molar-refractivity contribution in [3.8, 4) is 0 Å². The molecule has 1 rings (SSSR count). The second-order valence-electron chi connectivity index (χ2n) is 3.21. The molecule has 0 aromatic heterocycles. The SMILES string of the molecule is CC(Nc1ccc(C(N)=S)cc1)C(N)=O. The van der Waals surface area contributed by atoms with E-state index in [2.05, 4.69) is 5.32 Å². The third-order valence-corrected chi connectivity index (χ3v) is 2.22. The Balaban J connectivity index is 2.72. The van der Waals surface area contributed by atoms with E-state index in [9.17, 15) is 4.79 Å². The molecule has 0 radical (unpaired) electrons. The van der Waals surface area contributed by atoms with E-state index < -0.39 is 11.9 Å². The molecule has 1 atom stereocenters. The fraction of sp³-hybridized carbons (Fsp3) is 0.200. The fourth-order valence-electron chi connectivity index (χ4n) is 1.05. The Bertz CT molecular complexity index is 375. The van der Waals surface area contributed by atoms with E-state index in [0.717, 1.165) is 11.3 Å². The number of rotatable bonds is 4. The van der Waals surface area contributed by atoms with Crippen LogP contribution in [0.1, 0.15) is 12.5 Å². The lowest BCUT2D eigenvalue weighted by Gasteiger charge is -2.11. The number of carbonyl (C=O) groups is 1. The van der Waals surface area contributed by atoms with Gasteiger partial charge < -0.3 is 16.8 Å². The minimum atomic E-state index is -0.402. The van der Waals surface area contributed by atoms with Crippen LogP contribution in [-0.4, -0.2) is 16.9 Å². The Labute approximate surface area is 93.6 Å². The number of hydrogen-bond acceptors (Lipinski definition) is 3. The molecule has 0 saturated heterocycles. The van der Waals surface area contributed by atoms with Gasteiger partial charge in [0.25, 0.3) is 0 Å². The summed E-state index contributed by atoms with van der Waals surface area (Å²) in [4.78, 5) is 11.1. The van der Waals surface area contributed by atoms with E-state index in [1.807, 2.05) is 0 Å². The van der Waals surface area contributed by atoms with Crippen LogP contribution in [0, 0.1) is 0 Å². The maximum absolute atomic E-state index is 10.8. The Morgan fingerprint density at radius 3 is 2.27 bits per heavy atom. The molecule has 0 fully saturated rings. The standard InChI is InChI=1S/C10H13N3OS/c1-6(9(11)14)13-8-4-2-7(3-5-8)10(12)15/h2-6,13H,1H3,(H2,11,14)(H2,12,15). The van der Waals surface area contributed by atoms with Crippen LogP contribution in [0.15, 0.2) is 24.3 Å². The lowest BCUT2D eigenvalue weighted by atomic mass is 10.2. The molecule has 0 saturated carbocycles. The Hall–Kier alpha value is -1.62. The van der Waals surface area contributed by atoms with Gasteiger partial charge in [0.05, 0.1) is 0 Å². The van der Waals surface area contributed by atoms with Gasteiger partial charge in [-0.1, -0.05) is 12.2 Å². The highest BCUT2D eigenvalue weighted by Crippen LogP contribution is 2.10. The summed E-state index contributed by atoms with van der Waals surface area (Å²) in [6.45, 7) is 1.70. The summed E-state index contributed by atoms with van der Waals surface area (Å²) in [6, 6.07) is 6.78. The number of carbonyl (C=O) groups excluding carboxylic acids is 1. The van der Waals surface area contributed by atoms with Gasteiger partial charge in [0.1, 0.15) is 11.0 Å². The Morgan fingerprint density at radius 2 is 1.87 bits per heavy atom. The first-order valence-electron chi connectivity index (χ1n) is 4.46. The highest BCUT2D eigenvalue weighted by molar-refractivity contribution is 7.80. The summed E-state index contributed by atoms with van der Waals surface area (Å²) in [5.41, 5.74) is 12.2. The lowest BCUT2D eigenvalue weighted by Crippen LogP contribution is -2.32. The number of anilines is 1. The van der Waals surface area contributed by atoms with E-state index >= 15 is 0 Å². The zero-order chi connectivity index (χ0) is 11.4. The van der Waals surface area contributed by atoms with E-state index in [1.54, 1.807) is 31.2 Å². The number of nitrogens with one attached hydrogen (secondary N) is 1. The van der Waals surface area contributed by atoms with E-state index in [0.29, 0.717) is 4.99 Å². The summed E-state index contributed by atoms with van der Waals surface area (Å²) in [6.07, 6.45) is 0. The van der Waals surface area contributed by atoms with E-state index in [-0.39, 0.29) is 0 Å². The average Bonchev–Trinajstić information content (AvgIpc) is 2.18. The van der Waals surface area contributed by atoms with Gasteiger partial charge in [0, 0.05) is 11.3 Å². The van der Waals surface area contributed by atoms with Crippen molar-refractivity contribution in [3.63, 3.8) is 0 Å². The zero-order valence-electron chi connectivity index (χ0n) is 8.36. The number of nitrogens with two attached hydrogens (primary N) is 2. The first kappa shape index (κ1) is 11.5. The maximum Gasteiger partial charge on any atom is 0.239 e. The van der Waals surface area contributed by atoms with Gasteiger partial charge in [-0.3, -0.25) is 4.79 Å². The van der Waals surface area contributed by atoms with Crippen molar-refractivity contribution < 1.29 is 4.79 Å². The Kier molecular flexibility index (Phi) is 3.62. The predicted octanol–water partition coefficient (Wildman–Crippen LogP) is 0.606. The quantitative estimate of drug-likeness (QED) is 0.653. The van der Waals surface area contributed by atoms with Crippen LogP contribution >= 0.6 is 12.2 Å². The molecule has 1 unspecified atom stereocenters. The van der Waals surface area contributed by atoms with Crippen molar-refractivity contribution in [2.24, 2.45) is 11.5 Å². The number of benzene rings is 1. The predicted molar refractivity (Wildman–Crippen MR) is 64.6 cm³/mol. The molecule has 0 aliphatic rings. The van der Waals surface area contributed by atoms with Crippen LogP contribution in [0.3, 0.4) is 0 Å². The minimum Gasteiger partial charge on any atom is -0.389 e. The average molecular weight is 223 g/mol. The van der Waals surface area contributed by atoms with Crippen molar-refractivity contribution >= 4 is 28.8 Å². The molecule has 0 spiro atoms. The lowest BCUT2D eigenvalue weighted by molar-refractivity contribution is -0.118. The van der Waals surface area contributed by atoms with Crippen LogP contribution in [-0.2, 0) is 4.79 Å². The topological polar surface area (TPSA) is 81.1 Å². The smallest absolute Gasteiger partial charge is 0.239 e. The molecule has 4 nitrogen and oxygen atoms in total. The summed E-state index contributed by atoms with van der Waals surface area (Å²) in [7, 11) is 0. The van der Waals surface area contributed by atoms with Crippen molar-refractivity contribution in [1.82, 2.24) is 0 Å². The monoisotopic (exact) mass is 223 g/mol. The summed E-state index contributed by atoms with van der Waals surface area (Å²) in [5, 5.41) is 2.95. The molecule has 1 aromatic rings. The van der Waals surface area contributed by atoms with Gasteiger partial charge in [0.15, 0.2) is 0 Å². The molecule has 0 aliphatic heterocycles. The van der Waals surface area contributed by atoms with Gasteiger partial charge in [-0.05, 0) is 31.2 Å². The fourth-order valence-corrected chi connectivity index (χ4v) is 1.19. The molecule has 0 heterocycles. The molecule has 1 aromatic carbocycles. The normalized spacial score (nSPS) is 11.8. The van der Waals surface area contributed by atoms with E-state index in [1.165, 1.54) is 0 Å². The first-order chi connectivity index (χ1) is 7.00. The number of amides is 1. The number of primary amides is 1. The minimum absolute atomic E-state index is 0.351. The van der Waals surface area contributed by atoms with Gasteiger partial charge >= 0.3 is 0 Å². The van der Waals surface area contributed by atoms with Gasteiger partial charge in [-0.2, -0.15) is 0 Å². The second kappa shape index (κ2) is 4.75. The molecule has 80 valence electrons. The van der Waals surface area contributed by atoms with Gasteiger partial charge in [-0.25, -0.2) is 0 Å². The number of hydrogen-bond donors (Lipinski definition) is 3. The Morgan fingerprint density at radius 1 is 1.33 bits per heavy atom. The molecule has 0 bridgehead atoms. The highest BCUT2D eigenvalue weighted by Gasteiger charge is 2.07. The maximum atomic E-state index is 10.8. The third-order valence-electron chi connectivity index (χ3n) is 1.98. The molecular formula is C10H13N3OS. The van der Waals surface area contributed by atoms with Gasteiger partial charge in [-0.15, -0.1) is 0 Å². The summed E-state index contributed by atoms with van der Waals surface area (Å²) < 4.78 is 0. The molecule has 5 N–H and O–H groups in total. The van der Waals surface area contributed by atoms with Gasteiger partial charge in [0.2, 0.25) is 5.91 Å². The molecule has 15 heavy (non-hydrogen) atoms. The molecule has 1 amide bonds. The molecule has 0 aliphatic carbocycles. The summed E-state index contributed by atoms with van der Waals surface area (Å²) >= 11 is 4.82. The number of thiocarbonyl (C=S) groups is 1. The molecular weight excluding hydrogens is 210 g/mol. The van der Waals surface area contributed by atoms with Crippen molar-refractivity contribution in [1.29, 1.82) is 0 Å². The largest absolute Gasteiger partial charge is 0.389 e. The van der Waals surface area contributed by atoms with E-state index in [4.69, 9.17) is 23.7 Å². The third kappa shape index (κ3) is 3.21. The van der Waals surface area contributed by atoms with Crippen LogP contribution in [0.4, 0.5) is 5.69 Å². The van der Waals surface area contributed by atoms with Crippen molar-refractivity contribution in [2.45, 2.75) is 13.0 Å². The highest BCUT2D eigenvalue weighted by atomic mass is 32.1. The second-order valence-corrected chi connectivity index (χ2v) is 3.65. The van der Waals surface area contributed by atoms with Crippen LogP contribution in [0.2, 0.25) is 0 Å². The van der Waals surface area contributed by atoms with Crippen LogP contribution in [0.5, 0.6) is 0 Å². The van der Waals surface area contributed by atoms with Crippen LogP contribution in [0.25, 0.3) is 0 Å². The van der Waals surface area contributed by atoms with Crippen LogP contribution < -0.4 is 16.8 Å². The first-order valence-corrected chi connectivity index (χ1v) is 4.87.